The van der Waals surface area contributed by atoms with Gasteiger partial charge in [-0.2, -0.15) is 0 Å². The van der Waals surface area contributed by atoms with E-state index in [0.717, 1.165) is 6.42 Å². The van der Waals surface area contributed by atoms with Crippen LogP contribution in [0, 0.1) is 11.8 Å². The van der Waals surface area contributed by atoms with Crippen molar-refractivity contribution in [2.45, 2.75) is 45.2 Å². The van der Waals surface area contributed by atoms with Crippen LogP contribution in [0.3, 0.4) is 0 Å². The monoisotopic (exact) mass is 136 g/mol. The molecule has 0 N–H and O–H groups in total. The first kappa shape index (κ1) is 7.63. The molecule has 0 saturated heterocycles. The van der Waals surface area contributed by atoms with Crippen molar-refractivity contribution in [1.82, 2.24) is 5.32 Å². The maximum atomic E-state index is 4.57. The van der Waals surface area contributed by atoms with Crippen molar-refractivity contribution in [2.75, 3.05) is 0 Å². The minimum Gasteiger partial charge on any atom is -0.216 e. The van der Waals surface area contributed by atoms with Gasteiger partial charge in [-0.3, -0.25) is 0 Å². The molecule has 0 atom stereocenters. The smallest absolute Gasteiger partial charge is 0.0910 e. The zero-order chi connectivity index (χ0) is 7.83. The lowest BCUT2D eigenvalue weighted by atomic mass is 9.91. The molecule has 0 aliphatic carbocycles. The summed E-state index contributed by atoms with van der Waals surface area (Å²) < 4.78 is 0. The van der Waals surface area contributed by atoms with Crippen LogP contribution >= 0.6 is 0 Å². The van der Waals surface area contributed by atoms with Gasteiger partial charge in [-0.25, -0.2) is 5.32 Å². The summed E-state index contributed by atoms with van der Waals surface area (Å²) in [5.41, 5.74) is -0.0590. The molecule has 1 aliphatic rings. The lowest BCUT2D eigenvalue weighted by Crippen LogP contribution is -2.47. The van der Waals surface area contributed by atoms with Crippen LogP contribution in [0.25, 0.3) is 0 Å². The predicted octanol–water partition coefficient (Wildman–Crippen LogP) is 1.56. The second-order valence-corrected chi connectivity index (χ2v) is 3.96. The second kappa shape index (κ2) is 2.00. The van der Waals surface area contributed by atoms with Crippen molar-refractivity contribution < 1.29 is 0 Å². The second-order valence-electron chi connectivity index (χ2n) is 3.96. The van der Waals surface area contributed by atoms with Crippen molar-refractivity contribution in [3.63, 3.8) is 0 Å². The number of hydrogen-bond donors (Lipinski definition) is 0. The van der Waals surface area contributed by atoms with E-state index in [4.69, 9.17) is 0 Å². The lowest BCUT2D eigenvalue weighted by Gasteiger charge is -2.33. The summed E-state index contributed by atoms with van der Waals surface area (Å²) in [6, 6.07) is 0. The van der Waals surface area contributed by atoms with Crippen LogP contribution in [0.4, 0.5) is 0 Å². The van der Waals surface area contributed by atoms with Crippen LogP contribution in [0.5, 0.6) is 0 Å². The molecule has 1 heteroatoms. The molecular weight excluding hydrogens is 122 g/mol. The third-order valence-electron chi connectivity index (χ3n) is 1.50. The highest BCUT2D eigenvalue weighted by Crippen LogP contribution is 2.19. The van der Waals surface area contributed by atoms with Gasteiger partial charge in [0.1, 0.15) is 0 Å². The van der Waals surface area contributed by atoms with E-state index >= 15 is 0 Å². The molecule has 55 valence electrons. The lowest BCUT2D eigenvalue weighted by molar-refractivity contribution is 0.298. The Morgan fingerprint density at radius 2 is 1.80 bits per heavy atom. The molecule has 0 spiro atoms. The van der Waals surface area contributed by atoms with Gasteiger partial charge in [0.15, 0.2) is 0 Å². The number of rotatable bonds is 0. The van der Waals surface area contributed by atoms with Crippen molar-refractivity contribution >= 4 is 0 Å². The van der Waals surface area contributed by atoms with Gasteiger partial charge in [0.2, 0.25) is 0 Å². The van der Waals surface area contributed by atoms with E-state index in [0.29, 0.717) is 0 Å². The minimum atomic E-state index is -0.123. The highest BCUT2D eigenvalue weighted by Gasteiger charge is 2.29. The van der Waals surface area contributed by atoms with Gasteiger partial charge in [0, 0.05) is 12.0 Å². The molecule has 1 rings (SSSR count). The fraction of sp³-hybridized carbons (Fsp3) is 0.778. The highest BCUT2D eigenvalue weighted by molar-refractivity contribution is 5.21. The van der Waals surface area contributed by atoms with Gasteiger partial charge < -0.3 is 0 Å². The number of hydrogen-bond acceptors (Lipinski definition) is 0. The molecule has 0 aromatic heterocycles. The Bertz CT molecular complexity index is 191. The zero-order valence-corrected chi connectivity index (χ0v) is 7.15. The van der Waals surface area contributed by atoms with E-state index in [1.807, 2.05) is 0 Å². The Labute approximate surface area is 63.2 Å². The minimum absolute atomic E-state index is 0.0642. The summed E-state index contributed by atoms with van der Waals surface area (Å²) in [7, 11) is 0. The summed E-state index contributed by atoms with van der Waals surface area (Å²) in [6.07, 6.45) is 0.899. The predicted molar refractivity (Wildman–Crippen MR) is 42.7 cm³/mol. The van der Waals surface area contributed by atoms with E-state index < -0.39 is 0 Å². The van der Waals surface area contributed by atoms with Gasteiger partial charge in [-0.1, -0.05) is 11.8 Å². The molecule has 0 amide bonds. The average molecular weight is 136 g/mol. The molecule has 1 radical (unpaired) electrons. The van der Waals surface area contributed by atoms with Gasteiger partial charge >= 0.3 is 0 Å². The van der Waals surface area contributed by atoms with Crippen molar-refractivity contribution in [3.8, 4) is 11.8 Å². The van der Waals surface area contributed by atoms with Gasteiger partial charge in [0.05, 0.1) is 5.54 Å². The van der Waals surface area contributed by atoms with E-state index in [-0.39, 0.29) is 11.1 Å². The Balaban J connectivity index is 2.79. The Morgan fingerprint density at radius 3 is 2.10 bits per heavy atom. The standard InChI is InChI=1S/C9H14N/c1-8(2)6-5-7-9(3,4)10-8/h6H2,1-4H3. The molecule has 0 aromatic carbocycles. The summed E-state index contributed by atoms with van der Waals surface area (Å²) in [6.45, 7) is 8.37. The van der Waals surface area contributed by atoms with Crippen molar-refractivity contribution in [3.05, 3.63) is 0 Å². The third kappa shape index (κ3) is 1.75. The zero-order valence-electron chi connectivity index (χ0n) is 7.15. The highest BCUT2D eigenvalue weighted by atomic mass is 15.0. The summed E-state index contributed by atoms with van der Waals surface area (Å²) in [4.78, 5) is 0. The Morgan fingerprint density at radius 1 is 1.20 bits per heavy atom. The van der Waals surface area contributed by atoms with Crippen LogP contribution in [0.1, 0.15) is 34.1 Å². The Hall–Kier alpha value is -0.480. The van der Waals surface area contributed by atoms with Crippen LogP contribution in [-0.4, -0.2) is 11.1 Å². The molecule has 0 saturated carbocycles. The first-order valence-corrected chi connectivity index (χ1v) is 3.65. The topological polar surface area (TPSA) is 14.1 Å². The van der Waals surface area contributed by atoms with Gasteiger partial charge in [-0.05, 0) is 27.7 Å². The maximum absolute atomic E-state index is 4.57. The van der Waals surface area contributed by atoms with E-state index in [9.17, 15) is 0 Å². The summed E-state index contributed by atoms with van der Waals surface area (Å²) in [5.74, 6) is 6.22. The molecule has 0 unspecified atom stereocenters. The van der Waals surface area contributed by atoms with E-state index in [2.05, 4.69) is 44.9 Å². The molecule has 1 nitrogen and oxygen atoms in total. The maximum Gasteiger partial charge on any atom is 0.0910 e. The molecule has 0 fully saturated rings. The molecule has 10 heavy (non-hydrogen) atoms. The van der Waals surface area contributed by atoms with Crippen LogP contribution < -0.4 is 5.32 Å². The SMILES string of the molecule is CC1(C)C#CCC(C)(C)[N]1. The van der Waals surface area contributed by atoms with E-state index in [1.165, 1.54) is 0 Å². The van der Waals surface area contributed by atoms with Crippen molar-refractivity contribution in [2.24, 2.45) is 0 Å². The fourth-order valence-corrected chi connectivity index (χ4v) is 1.30. The largest absolute Gasteiger partial charge is 0.216 e. The molecular formula is C9H14N. The van der Waals surface area contributed by atoms with Crippen LogP contribution in [0.15, 0.2) is 0 Å². The normalized spacial score (nSPS) is 26.8. The summed E-state index contributed by atoms with van der Waals surface area (Å²) >= 11 is 0. The van der Waals surface area contributed by atoms with Crippen LogP contribution in [-0.2, 0) is 0 Å². The van der Waals surface area contributed by atoms with Gasteiger partial charge in [0.25, 0.3) is 0 Å². The molecule has 0 aromatic rings. The Kier molecular flexibility index (Phi) is 1.53. The molecule has 0 bridgehead atoms. The molecule has 1 aliphatic heterocycles. The van der Waals surface area contributed by atoms with Gasteiger partial charge in [-0.15, -0.1) is 0 Å². The fourth-order valence-electron chi connectivity index (χ4n) is 1.30. The molecule has 1 heterocycles. The number of nitrogens with zero attached hydrogens (tertiary/aromatic N) is 1. The third-order valence-corrected chi connectivity index (χ3v) is 1.50. The van der Waals surface area contributed by atoms with Crippen molar-refractivity contribution in [1.29, 1.82) is 0 Å². The average Bonchev–Trinajstić information content (AvgIpc) is 1.56. The first-order valence-electron chi connectivity index (χ1n) is 3.65. The first-order chi connectivity index (χ1) is 4.41. The summed E-state index contributed by atoms with van der Waals surface area (Å²) in [5, 5.41) is 4.57. The quantitative estimate of drug-likeness (QED) is 0.449. The van der Waals surface area contributed by atoms with E-state index in [1.54, 1.807) is 0 Å². The van der Waals surface area contributed by atoms with Crippen LogP contribution in [0.2, 0.25) is 0 Å².